The fourth-order valence-electron chi connectivity index (χ4n) is 2.51. The van der Waals surface area contributed by atoms with Crippen LogP contribution in [0, 0.1) is 16.0 Å². The first-order valence-electron chi connectivity index (χ1n) is 6.69. The molecule has 19 heavy (non-hydrogen) atoms. The zero-order valence-electron chi connectivity index (χ0n) is 11.7. The van der Waals surface area contributed by atoms with Crippen LogP contribution in [0.1, 0.15) is 25.3 Å². The molecule has 2 rings (SSSR count). The van der Waals surface area contributed by atoms with Crippen molar-refractivity contribution in [2.75, 3.05) is 19.4 Å². The molecule has 1 fully saturated rings. The monoisotopic (exact) mass is 263 g/mol. The summed E-state index contributed by atoms with van der Waals surface area (Å²) in [6.07, 6.45) is 2.61. The van der Waals surface area contributed by atoms with Gasteiger partial charge >= 0.3 is 0 Å². The van der Waals surface area contributed by atoms with Crippen LogP contribution in [0.2, 0.25) is 0 Å². The number of nitro benzene ring substituents is 1. The average Bonchev–Trinajstić information content (AvgIpc) is 3.21. The number of hydrogen-bond donors (Lipinski definition) is 1. The molecule has 1 aromatic carbocycles. The van der Waals surface area contributed by atoms with Gasteiger partial charge in [0.05, 0.1) is 4.92 Å². The fourth-order valence-corrected chi connectivity index (χ4v) is 2.51. The number of nitrogens with zero attached hydrogens (tertiary/aromatic N) is 2. The van der Waals surface area contributed by atoms with Gasteiger partial charge in [-0.05, 0) is 38.3 Å². The summed E-state index contributed by atoms with van der Waals surface area (Å²) in [7, 11) is 3.82. The summed E-state index contributed by atoms with van der Waals surface area (Å²) in [6, 6.07) is 5.78. The van der Waals surface area contributed by atoms with Gasteiger partial charge in [0.15, 0.2) is 0 Å². The first kappa shape index (κ1) is 13.8. The predicted octanol–water partition coefficient (Wildman–Crippen LogP) is 2.87. The molecule has 5 nitrogen and oxygen atoms in total. The Morgan fingerprint density at radius 1 is 1.53 bits per heavy atom. The van der Waals surface area contributed by atoms with E-state index in [-0.39, 0.29) is 10.6 Å². The second-order valence-corrected chi connectivity index (χ2v) is 5.31. The van der Waals surface area contributed by atoms with Gasteiger partial charge < -0.3 is 5.32 Å². The highest BCUT2D eigenvalue weighted by Gasteiger charge is 2.30. The molecule has 1 aromatic rings. The molecule has 0 radical (unpaired) electrons. The van der Waals surface area contributed by atoms with E-state index in [1.807, 2.05) is 6.07 Å². The zero-order valence-corrected chi connectivity index (χ0v) is 11.7. The molecule has 0 saturated heterocycles. The summed E-state index contributed by atoms with van der Waals surface area (Å²) in [6.45, 7) is 2.96. The summed E-state index contributed by atoms with van der Waals surface area (Å²) >= 11 is 0. The Hall–Kier alpha value is -1.62. The molecular weight excluding hydrogens is 242 g/mol. The van der Waals surface area contributed by atoms with Crippen molar-refractivity contribution in [3.05, 3.63) is 33.9 Å². The molecule has 0 heterocycles. The number of nitrogens with one attached hydrogen (secondary N) is 1. The van der Waals surface area contributed by atoms with Crippen molar-refractivity contribution in [3.8, 4) is 0 Å². The van der Waals surface area contributed by atoms with Crippen molar-refractivity contribution < 1.29 is 4.92 Å². The van der Waals surface area contributed by atoms with Crippen LogP contribution in [0.25, 0.3) is 0 Å². The maximum absolute atomic E-state index is 11.0. The third kappa shape index (κ3) is 3.04. The smallest absolute Gasteiger partial charge is 0.292 e. The standard InChI is InChI=1S/C14H21N3O2/c1-10(11-7-8-11)16(3)9-12-5-4-6-13(17(18)19)14(12)15-2/h4-6,10-11,15H,7-9H2,1-3H3. The molecular formula is C14H21N3O2. The average molecular weight is 263 g/mol. The number of nitro groups is 1. The van der Waals surface area contributed by atoms with Crippen molar-refractivity contribution in [2.45, 2.75) is 32.4 Å². The molecule has 0 bridgehead atoms. The van der Waals surface area contributed by atoms with Crippen LogP contribution >= 0.6 is 0 Å². The number of rotatable bonds is 6. The zero-order chi connectivity index (χ0) is 14.0. The quantitative estimate of drug-likeness (QED) is 0.633. The van der Waals surface area contributed by atoms with Crippen LogP contribution < -0.4 is 5.32 Å². The SMILES string of the molecule is CNc1c(CN(C)C(C)C2CC2)cccc1[N+](=O)[O-]. The van der Waals surface area contributed by atoms with Crippen LogP contribution in [0.15, 0.2) is 18.2 Å². The van der Waals surface area contributed by atoms with E-state index < -0.39 is 0 Å². The van der Waals surface area contributed by atoms with Gasteiger partial charge in [0.1, 0.15) is 5.69 Å². The Balaban J connectivity index is 2.19. The van der Waals surface area contributed by atoms with Crippen LogP contribution in [-0.4, -0.2) is 30.0 Å². The van der Waals surface area contributed by atoms with E-state index in [0.29, 0.717) is 11.7 Å². The van der Waals surface area contributed by atoms with Crippen LogP contribution in [0.5, 0.6) is 0 Å². The molecule has 0 aromatic heterocycles. The molecule has 1 N–H and O–H groups in total. The summed E-state index contributed by atoms with van der Waals surface area (Å²) in [4.78, 5) is 13.0. The maximum atomic E-state index is 11.0. The summed E-state index contributed by atoms with van der Waals surface area (Å²) < 4.78 is 0. The van der Waals surface area contributed by atoms with Gasteiger partial charge in [-0.3, -0.25) is 15.0 Å². The van der Waals surface area contributed by atoms with E-state index in [1.165, 1.54) is 12.8 Å². The van der Waals surface area contributed by atoms with Crippen molar-refractivity contribution in [3.63, 3.8) is 0 Å². The molecule has 104 valence electrons. The Bertz CT molecular complexity index is 472. The van der Waals surface area contributed by atoms with Gasteiger partial charge in [-0.1, -0.05) is 12.1 Å². The number of para-hydroxylation sites is 1. The van der Waals surface area contributed by atoms with Crippen molar-refractivity contribution >= 4 is 11.4 Å². The van der Waals surface area contributed by atoms with Gasteiger partial charge in [0.25, 0.3) is 5.69 Å². The Labute approximate surface area is 113 Å². The minimum Gasteiger partial charge on any atom is -0.382 e. The van der Waals surface area contributed by atoms with Gasteiger partial charge in [-0.25, -0.2) is 0 Å². The van der Waals surface area contributed by atoms with E-state index in [1.54, 1.807) is 19.2 Å². The molecule has 0 aliphatic heterocycles. The lowest BCUT2D eigenvalue weighted by atomic mass is 10.1. The van der Waals surface area contributed by atoms with Gasteiger partial charge in [-0.2, -0.15) is 0 Å². The van der Waals surface area contributed by atoms with Crippen LogP contribution in [0.4, 0.5) is 11.4 Å². The molecule has 1 saturated carbocycles. The first-order valence-corrected chi connectivity index (χ1v) is 6.69. The van der Waals surface area contributed by atoms with E-state index in [2.05, 4.69) is 24.2 Å². The highest BCUT2D eigenvalue weighted by Crippen LogP contribution is 2.36. The van der Waals surface area contributed by atoms with Gasteiger partial charge in [0.2, 0.25) is 0 Å². The highest BCUT2D eigenvalue weighted by molar-refractivity contribution is 5.66. The largest absolute Gasteiger partial charge is 0.382 e. The molecule has 5 heteroatoms. The topological polar surface area (TPSA) is 58.4 Å². The van der Waals surface area contributed by atoms with E-state index in [9.17, 15) is 10.1 Å². The van der Waals surface area contributed by atoms with Crippen molar-refractivity contribution in [1.29, 1.82) is 0 Å². The lowest BCUT2D eigenvalue weighted by Gasteiger charge is -2.25. The third-order valence-corrected chi connectivity index (χ3v) is 3.99. The first-order chi connectivity index (χ1) is 9.04. The molecule has 1 aliphatic rings. The lowest BCUT2D eigenvalue weighted by Crippen LogP contribution is -2.30. The molecule has 0 amide bonds. The molecule has 0 spiro atoms. The van der Waals surface area contributed by atoms with E-state index in [0.717, 1.165) is 18.0 Å². The van der Waals surface area contributed by atoms with E-state index in [4.69, 9.17) is 0 Å². The normalized spacial score (nSPS) is 16.4. The second-order valence-electron chi connectivity index (χ2n) is 5.31. The van der Waals surface area contributed by atoms with Crippen molar-refractivity contribution in [1.82, 2.24) is 4.90 Å². The number of benzene rings is 1. The Kier molecular flexibility index (Phi) is 4.04. The molecule has 1 aliphatic carbocycles. The minimum absolute atomic E-state index is 0.146. The summed E-state index contributed by atoms with van der Waals surface area (Å²) in [5.74, 6) is 0.793. The predicted molar refractivity (Wildman–Crippen MR) is 76.3 cm³/mol. The Morgan fingerprint density at radius 3 is 2.74 bits per heavy atom. The number of hydrogen-bond acceptors (Lipinski definition) is 4. The molecule has 1 unspecified atom stereocenters. The minimum atomic E-state index is -0.334. The highest BCUT2D eigenvalue weighted by atomic mass is 16.6. The Morgan fingerprint density at radius 2 is 2.21 bits per heavy atom. The van der Waals surface area contributed by atoms with Crippen molar-refractivity contribution in [2.24, 2.45) is 5.92 Å². The third-order valence-electron chi connectivity index (χ3n) is 3.99. The lowest BCUT2D eigenvalue weighted by molar-refractivity contribution is -0.384. The summed E-state index contributed by atoms with van der Waals surface area (Å²) in [5.41, 5.74) is 1.75. The van der Waals surface area contributed by atoms with Crippen LogP contribution in [0.3, 0.4) is 0 Å². The summed E-state index contributed by atoms with van der Waals surface area (Å²) in [5, 5.41) is 14.0. The van der Waals surface area contributed by atoms with Crippen LogP contribution in [-0.2, 0) is 6.54 Å². The maximum Gasteiger partial charge on any atom is 0.292 e. The second kappa shape index (κ2) is 5.57. The van der Waals surface area contributed by atoms with E-state index >= 15 is 0 Å². The van der Waals surface area contributed by atoms with Gasteiger partial charge in [0, 0.05) is 25.7 Å². The van der Waals surface area contributed by atoms with Gasteiger partial charge in [-0.15, -0.1) is 0 Å². The fraction of sp³-hybridized carbons (Fsp3) is 0.571. The number of anilines is 1. The molecule has 1 atom stereocenters.